The number of carboxylic acids is 1. The molecule has 0 saturated heterocycles. The van der Waals surface area contributed by atoms with Gasteiger partial charge in [0.25, 0.3) is 0 Å². The molecule has 0 amide bonds. The molecule has 5 nitrogen and oxygen atoms in total. The third kappa shape index (κ3) is 13.2. The van der Waals surface area contributed by atoms with Gasteiger partial charge in [-0.3, -0.25) is 9.59 Å². The van der Waals surface area contributed by atoms with Crippen LogP contribution in [0.5, 0.6) is 0 Å². The van der Waals surface area contributed by atoms with E-state index in [1.807, 2.05) is 21.1 Å². The number of likely N-dealkylation sites (N-methyl/N-ethyl adjacent to an activating group) is 1. The third-order valence-electron chi connectivity index (χ3n) is 1.80. The van der Waals surface area contributed by atoms with E-state index in [1.165, 1.54) is 0 Å². The van der Waals surface area contributed by atoms with Gasteiger partial charge in [-0.2, -0.15) is 0 Å². The van der Waals surface area contributed by atoms with Crippen LogP contribution in [0, 0.1) is 0 Å². The van der Waals surface area contributed by atoms with Crippen LogP contribution in [0.2, 0.25) is 0 Å². The van der Waals surface area contributed by atoms with Gasteiger partial charge in [-0.25, -0.2) is 0 Å². The van der Waals surface area contributed by atoms with Crippen molar-refractivity contribution in [3.8, 4) is 0 Å². The van der Waals surface area contributed by atoms with Crippen LogP contribution in [0.1, 0.15) is 19.3 Å². The average molecular weight is 254 g/mol. The molecular formula is C10H20ClNO4. The zero-order valence-electron chi connectivity index (χ0n) is 10.0. The molecule has 0 aliphatic heterocycles. The molecular weight excluding hydrogens is 234 g/mol. The number of ether oxygens (including phenoxy) is 1. The molecule has 0 aliphatic rings. The average Bonchev–Trinajstić information content (AvgIpc) is 2.00. The number of halogens is 1. The summed E-state index contributed by atoms with van der Waals surface area (Å²) >= 11 is 0. The van der Waals surface area contributed by atoms with Crippen LogP contribution >= 0.6 is 0 Å². The van der Waals surface area contributed by atoms with Crippen molar-refractivity contribution in [2.24, 2.45) is 0 Å². The number of aliphatic carboxylic acids is 1. The first-order valence-corrected chi connectivity index (χ1v) is 4.99. The van der Waals surface area contributed by atoms with Crippen LogP contribution in [0.25, 0.3) is 0 Å². The highest BCUT2D eigenvalue weighted by atomic mass is 35.5. The molecule has 0 aromatic rings. The first kappa shape index (κ1) is 17.6. The summed E-state index contributed by atoms with van der Waals surface area (Å²) in [6, 6.07) is 0. The van der Waals surface area contributed by atoms with E-state index in [0.29, 0.717) is 13.0 Å². The molecule has 1 N–H and O–H groups in total. The zero-order chi connectivity index (χ0) is 11.9. The van der Waals surface area contributed by atoms with Gasteiger partial charge >= 0.3 is 11.9 Å². The van der Waals surface area contributed by atoms with Gasteiger partial charge in [-0.05, 0) is 6.42 Å². The Hall–Kier alpha value is -0.810. The van der Waals surface area contributed by atoms with Crippen molar-refractivity contribution in [3.05, 3.63) is 0 Å². The van der Waals surface area contributed by atoms with Crippen LogP contribution < -0.4 is 12.4 Å². The molecule has 0 atom stereocenters. The highest BCUT2D eigenvalue weighted by Crippen LogP contribution is 1.98. The number of rotatable bonds is 7. The van der Waals surface area contributed by atoms with E-state index in [1.54, 1.807) is 0 Å². The summed E-state index contributed by atoms with van der Waals surface area (Å²) in [5.41, 5.74) is 0. The molecule has 0 bridgehead atoms. The van der Waals surface area contributed by atoms with Gasteiger partial charge in [-0.15, -0.1) is 0 Å². The fourth-order valence-corrected chi connectivity index (χ4v) is 0.889. The second-order valence-electron chi connectivity index (χ2n) is 4.48. The van der Waals surface area contributed by atoms with Gasteiger partial charge in [0, 0.05) is 12.8 Å². The summed E-state index contributed by atoms with van der Waals surface area (Å²) in [6.45, 7) is 1.14. The lowest BCUT2D eigenvalue weighted by Gasteiger charge is -2.23. The fourth-order valence-electron chi connectivity index (χ4n) is 0.889. The smallest absolute Gasteiger partial charge is 0.306 e. The van der Waals surface area contributed by atoms with Crippen LogP contribution in [-0.2, 0) is 14.3 Å². The van der Waals surface area contributed by atoms with Crippen molar-refractivity contribution in [1.29, 1.82) is 0 Å². The molecule has 0 aliphatic carbocycles. The fraction of sp³-hybridized carbons (Fsp3) is 0.800. The Morgan fingerprint density at radius 1 is 1.19 bits per heavy atom. The van der Waals surface area contributed by atoms with E-state index in [-0.39, 0.29) is 31.2 Å². The molecule has 0 aromatic carbocycles. The Morgan fingerprint density at radius 2 is 1.75 bits per heavy atom. The molecule has 16 heavy (non-hydrogen) atoms. The van der Waals surface area contributed by atoms with Gasteiger partial charge in [-0.1, -0.05) is 0 Å². The predicted molar refractivity (Wildman–Crippen MR) is 55.3 cm³/mol. The number of quaternary nitrogens is 1. The number of carbonyl (C=O) groups excluding carboxylic acids is 1. The summed E-state index contributed by atoms with van der Waals surface area (Å²) in [5.74, 6) is -1.20. The molecule has 0 aromatic heterocycles. The molecule has 0 radical (unpaired) electrons. The quantitative estimate of drug-likeness (QED) is 0.402. The summed E-state index contributed by atoms with van der Waals surface area (Å²) in [6.07, 6.45) is 0.548. The van der Waals surface area contributed by atoms with E-state index < -0.39 is 5.97 Å². The van der Waals surface area contributed by atoms with E-state index in [9.17, 15) is 9.59 Å². The Kier molecular flexibility index (Phi) is 9.18. The molecule has 0 rings (SSSR count). The van der Waals surface area contributed by atoms with Crippen molar-refractivity contribution in [1.82, 2.24) is 0 Å². The Labute approximate surface area is 102 Å². The molecule has 6 heteroatoms. The van der Waals surface area contributed by atoms with E-state index in [4.69, 9.17) is 9.84 Å². The van der Waals surface area contributed by atoms with Crippen LogP contribution in [0.4, 0.5) is 0 Å². The van der Waals surface area contributed by atoms with E-state index >= 15 is 0 Å². The number of hydrogen-bond acceptors (Lipinski definition) is 3. The zero-order valence-corrected chi connectivity index (χ0v) is 10.8. The maximum absolute atomic E-state index is 11.1. The number of hydrogen-bond donors (Lipinski definition) is 1. The Bertz CT molecular complexity index is 225. The van der Waals surface area contributed by atoms with Gasteiger partial charge < -0.3 is 26.7 Å². The highest BCUT2D eigenvalue weighted by molar-refractivity contribution is 5.71. The van der Waals surface area contributed by atoms with Gasteiger partial charge in [0.15, 0.2) is 0 Å². The van der Waals surface area contributed by atoms with Crippen molar-refractivity contribution in [3.63, 3.8) is 0 Å². The largest absolute Gasteiger partial charge is 1.00 e. The number of carboxylic acid groups (broad SMARTS) is 1. The second kappa shape index (κ2) is 8.35. The minimum absolute atomic E-state index is 0. The van der Waals surface area contributed by atoms with Crippen molar-refractivity contribution in [2.75, 3.05) is 34.3 Å². The number of esters is 1. The molecule has 0 heterocycles. The lowest BCUT2D eigenvalue weighted by Crippen LogP contribution is -3.00. The molecule has 0 saturated carbocycles. The van der Waals surface area contributed by atoms with Crippen molar-refractivity contribution >= 4 is 11.9 Å². The Balaban J connectivity index is 0. The molecule has 0 fully saturated rings. The summed E-state index contributed by atoms with van der Waals surface area (Å²) in [7, 11) is 6.04. The maximum Gasteiger partial charge on any atom is 0.306 e. The second-order valence-corrected chi connectivity index (χ2v) is 4.48. The first-order valence-electron chi connectivity index (χ1n) is 4.99. The summed E-state index contributed by atoms with van der Waals surface area (Å²) in [4.78, 5) is 21.3. The maximum atomic E-state index is 11.1. The lowest BCUT2D eigenvalue weighted by molar-refractivity contribution is -0.870. The molecule has 96 valence electrons. The Morgan fingerprint density at radius 3 is 2.19 bits per heavy atom. The number of nitrogens with zero attached hydrogens (tertiary/aromatic N) is 1. The third-order valence-corrected chi connectivity index (χ3v) is 1.80. The minimum atomic E-state index is -0.880. The standard InChI is InChI=1S/C10H19NO4.ClH/c1-11(2,3)7-8-15-10(14)6-4-5-9(12)13;/h4-8H2,1-3H3;1H. The van der Waals surface area contributed by atoms with Crippen molar-refractivity contribution in [2.45, 2.75) is 19.3 Å². The first-order chi connectivity index (χ1) is 6.81. The molecule has 0 spiro atoms. The minimum Gasteiger partial charge on any atom is -1.00 e. The van der Waals surface area contributed by atoms with Gasteiger partial charge in [0.05, 0.1) is 21.1 Å². The van der Waals surface area contributed by atoms with Crippen molar-refractivity contribution < 1.29 is 36.3 Å². The highest BCUT2D eigenvalue weighted by Gasteiger charge is 2.09. The van der Waals surface area contributed by atoms with Crippen LogP contribution in [-0.4, -0.2) is 55.8 Å². The summed E-state index contributed by atoms with van der Waals surface area (Å²) in [5, 5.41) is 8.35. The van der Waals surface area contributed by atoms with Gasteiger partial charge in [0.1, 0.15) is 13.2 Å². The van der Waals surface area contributed by atoms with E-state index in [2.05, 4.69) is 0 Å². The summed E-state index contributed by atoms with van der Waals surface area (Å²) < 4.78 is 5.69. The monoisotopic (exact) mass is 253 g/mol. The molecule has 0 unspecified atom stereocenters. The van der Waals surface area contributed by atoms with E-state index in [0.717, 1.165) is 11.0 Å². The lowest BCUT2D eigenvalue weighted by atomic mass is 10.2. The number of carbonyl (C=O) groups is 2. The van der Waals surface area contributed by atoms with Crippen LogP contribution in [0.3, 0.4) is 0 Å². The van der Waals surface area contributed by atoms with Crippen LogP contribution in [0.15, 0.2) is 0 Å². The normalized spacial score (nSPS) is 10.4. The topological polar surface area (TPSA) is 63.6 Å². The van der Waals surface area contributed by atoms with Gasteiger partial charge in [0.2, 0.25) is 0 Å². The SMILES string of the molecule is C[N+](C)(C)CCOC(=O)CCCC(=O)O.[Cl-]. The predicted octanol–water partition coefficient (Wildman–Crippen LogP) is -2.51.